The van der Waals surface area contributed by atoms with Crippen molar-refractivity contribution in [3.8, 4) is 0 Å². The number of anilines is 1. The van der Waals surface area contributed by atoms with Crippen molar-refractivity contribution in [3.63, 3.8) is 0 Å². The number of carbonyl (C=O) groups excluding carboxylic acids is 1. The zero-order valence-electron chi connectivity index (χ0n) is 10.0. The Labute approximate surface area is 108 Å². The van der Waals surface area contributed by atoms with Crippen molar-refractivity contribution in [1.29, 1.82) is 0 Å². The van der Waals surface area contributed by atoms with Gasteiger partial charge >= 0.3 is 0 Å². The average molecular weight is 255 g/mol. The van der Waals surface area contributed by atoms with E-state index in [1.165, 1.54) is 12.8 Å². The van der Waals surface area contributed by atoms with Gasteiger partial charge in [-0.05, 0) is 36.0 Å². The molecule has 0 saturated heterocycles. The fraction of sp³-hybridized carbons (Fsp3) is 0.462. The molecule has 0 unspecified atom stereocenters. The summed E-state index contributed by atoms with van der Waals surface area (Å²) in [6.45, 7) is 3.01. The predicted octanol–water partition coefficient (Wildman–Crippen LogP) is 2.15. The minimum Gasteiger partial charge on any atom is -0.399 e. The fourth-order valence-electron chi connectivity index (χ4n) is 1.59. The number of amides is 1. The van der Waals surface area contributed by atoms with Gasteiger partial charge in [0.2, 0.25) is 5.91 Å². The lowest BCUT2D eigenvalue weighted by molar-refractivity contribution is -0.120. The highest BCUT2D eigenvalue weighted by Crippen LogP contribution is 2.43. The molecule has 0 radical (unpaired) electrons. The summed E-state index contributed by atoms with van der Waals surface area (Å²) in [7, 11) is 0. The molecule has 0 bridgehead atoms. The van der Waals surface area contributed by atoms with Crippen LogP contribution in [0.25, 0.3) is 0 Å². The predicted molar refractivity (Wildman–Crippen MR) is 72.2 cm³/mol. The maximum Gasteiger partial charge on any atom is 0.224 e. The lowest BCUT2D eigenvalue weighted by Gasteiger charge is -2.10. The van der Waals surface area contributed by atoms with E-state index < -0.39 is 0 Å². The quantitative estimate of drug-likeness (QED) is 0.809. The Bertz CT molecular complexity index is 385. The van der Waals surface area contributed by atoms with Crippen molar-refractivity contribution in [1.82, 2.24) is 5.32 Å². The van der Waals surface area contributed by atoms with Gasteiger partial charge in [0, 0.05) is 12.2 Å². The molecule has 17 heavy (non-hydrogen) atoms. The number of benzene rings is 1. The third-order valence-electron chi connectivity index (χ3n) is 3.16. The molecular weight excluding hydrogens is 236 g/mol. The van der Waals surface area contributed by atoms with E-state index in [9.17, 15) is 4.79 Å². The van der Waals surface area contributed by atoms with E-state index in [2.05, 4.69) is 12.2 Å². The first-order valence-electron chi connectivity index (χ1n) is 5.69. The molecule has 3 N–H and O–H groups in total. The molecule has 1 saturated carbocycles. The molecule has 1 aliphatic rings. The monoisotopic (exact) mass is 254 g/mol. The van der Waals surface area contributed by atoms with Crippen LogP contribution < -0.4 is 11.1 Å². The topological polar surface area (TPSA) is 55.1 Å². The van der Waals surface area contributed by atoms with Crippen molar-refractivity contribution < 1.29 is 4.79 Å². The number of halogens is 1. The summed E-state index contributed by atoms with van der Waals surface area (Å²) in [5.74, 6) is 0.0953. The molecule has 4 heteroatoms. The van der Waals surface area contributed by atoms with Gasteiger partial charge in [0.1, 0.15) is 0 Å². The fourth-order valence-corrected chi connectivity index (χ4v) is 1.59. The third-order valence-corrected chi connectivity index (χ3v) is 3.16. The number of nitrogens with one attached hydrogen (secondary N) is 1. The number of hydrogen-bond acceptors (Lipinski definition) is 2. The minimum absolute atomic E-state index is 0. The molecule has 1 aromatic carbocycles. The van der Waals surface area contributed by atoms with Crippen molar-refractivity contribution >= 4 is 24.0 Å². The van der Waals surface area contributed by atoms with Crippen LogP contribution in [-0.4, -0.2) is 12.5 Å². The summed E-state index contributed by atoms with van der Waals surface area (Å²) in [6.07, 6.45) is 2.90. The number of nitrogens with two attached hydrogens (primary N) is 1. The Hall–Kier alpha value is -1.22. The molecule has 1 aromatic rings. The largest absolute Gasteiger partial charge is 0.399 e. The summed E-state index contributed by atoms with van der Waals surface area (Å²) in [4.78, 5) is 11.6. The van der Waals surface area contributed by atoms with Crippen LogP contribution in [0.3, 0.4) is 0 Å². The Morgan fingerprint density at radius 3 is 2.47 bits per heavy atom. The Kier molecular flexibility index (Phi) is 4.40. The van der Waals surface area contributed by atoms with Crippen molar-refractivity contribution in [2.45, 2.75) is 26.2 Å². The second kappa shape index (κ2) is 5.41. The molecule has 3 nitrogen and oxygen atoms in total. The second-order valence-corrected chi connectivity index (χ2v) is 5.01. The molecular formula is C13H19ClN2O. The normalized spacial score (nSPS) is 15.8. The standard InChI is InChI=1S/C13H18N2O.ClH/c1-13(6-7-13)9-15-12(16)8-10-2-4-11(14)5-3-10;/h2-5H,6-9,14H2,1H3,(H,15,16);1H. The SMILES string of the molecule is CC1(CNC(=O)Cc2ccc(N)cc2)CC1.Cl. The lowest BCUT2D eigenvalue weighted by Crippen LogP contribution is -2.30. The lowest BCUT2D eigenvalue weighted by atomic mass is 10.1. The van der Waals surface area contributed by atoms with Crippen LogP contribution in [0.1, 0.15) is 25.3 Å². The Balaban J connectivity index is 0.00000144. The molecule has 0 aromatic heterocycles. The zero-order chi connectivity index (χ0) is 11.6. The van der Waals surface area contributed by atoms with Crippen molar-refractivity contribution in [3.05, 3.63) is 29.8 Å². The van der Waals surface area contributed by atoms with Gasteiger partial charge in [-0.2, -0.15) is 0 Å². The highest BCUT2D eigenvalue weighted by atomic mass is 35.5. The maximum absolute atomic E-state index is 11.6. The van der Waals surface area contributed by atoms with Gasteiger partial charge < -0.3 is 11.1 Å². The van der Waals surface area contributed by atoms with Crippen LogP contribution in [-0.2, 0) is 11.2 Å². The molecule has 1 fully saturated rings. The second-order valence-electron chi connectivity index (χ2n) is 5.01. The molecule has 0 aliphatic heterocycles. The average Bonchev–Trinajstić information content (AvgIpc) is 2.98. The van der Waals surface area contributed by atoms with Crippen LogP contribution in [0, 0.1) is 5.41 Å². The number of nitrogen functional groups attached to an aromatic ring is 1. The molecule has 1 amide bonds. The van der Waals surface area contributed by atoms with E-state index in [1.807, 2.05) is 24.3 Å². The number of hydrogen-bond donors (Lipinski definition) is 2. The molecule has 94 valence electrons. The number of carbonyl (C=O) groups is 1. The van der Waals surface area contributed by atoms with Gasteiger partial charge in [-0.1, -0.05) is 19.1 Å². The van der Waals surface area contributed by atoms with Crippen LogP contribution in [0.5, 0.6) is 0 Å². The van der Waals surface area contributed by atoms with Crippen LogP contribution in [0.2, 0.25) is 0 Å². The molecule has 0 spiro atoms. The molecule has 2 rings (SSSR count). The van der Waals surface area contributed by atoms with Gasteiger partial charge in [-0.15, -0.1) is 12.4 Å². The number of rotatable bonds is 4. The van der Waals surface area contributed by atoms with Gasteiger partial charge in [-0.3, -0.25) is 4.79 Å². The Morgan fingerprint density at radius 2 is 1.94 bits per heavy atom. The van der Waals surface area contributed by atoms with Gasteiger partial charge in [0.05, 0.1) is 6.42 Å². The van der Waals surface area contributed by atoms with Crippen LogP contribution in [0.4, 0.5) is 5.69 Å². The first-order valence-corrected chi connectivity index (χ1v) is 5.69. The van der Waals surface area contributed by atoms with Gasteiger partial charge in [0.25, 0.3) is 0 Å². The van der Waals surface area contributed by atoms with Crippen molar-refractivity contribution in [2.24, 2.45) is 5.41 Å². The van der Waals surface area contributed by atoms with Crippen LogP contribution in [0.15, 0.2) is 24.3 Å². The van der Waals surface area contributed by atoms with E-state index in [1.54, 1.807) is 0 Å². The molecule has 0 atom stereocenters. The van der Waals surface area contributed by atoms with E-state index >= 15 is 0 Å². The van der Waals surface area contributed by atoms with Crippen LogP contribution >= 0.6 is 12.4 Å². The summed E-state index contributed by atoms with van der Waals surface area (Å²) in [5, 5.41) is 2.98. The van der Waals surface area contributed by atoms with E-state index in [4.69, 9.17) is 5.73 Å². The maximum atomic E-state index is 11.6. The smallest absolute Gasteiger partial charge is 0.224 e. The van der Waals surface area contributed by atoms with Gasteiger partial charge in [0.15, 0.2) is 0 Å². The summed E-state index contributed by atoms with van der Waals surface area (Å²) < 4.78 is 0. The first kappa shape index (κ1) is 13.8. The first-order chi connectivity index (χ1) is 7.57. The minimum atomic E-state index is 0. The van der Waals surface area contributed by atoms with Crippen molar-refractivity contribution in [2.75, 3.05) is 12.3 Å². The molecule has 1 aliphatic carbocycles. The zero-order valence-corrected chi connectivity index (χ0v) is 10.8. The highest BCUT2D eigenvalue weighted by molar-refractivity contribution is 5.85. The van der Waals surface area contributed by atoms with Gasteiger partial charge in [-0.25, -0.2) is 0 Å². The summed E-state index contributed by atoms with van der Waals surface area (Å²) >= 11 is 0. The Morgan fingerprint density at radius 1 is 1.35 bits per heavy atom. The molecule has 0 heterocycles. The highest BCUT2D eigenvalue weighted by Gasteiger charge is 2.37. The van der Waals surface area contributed by atoms with E-state index in [0.29, 0.717) is 11.8 Å². The third kappa shape index (κ3) is 4.27. The van der Waals surface area contributed by atoms with E-state index in [-0.39, 0.29) is 18.3 Å². The summed E-state index contributed by atoms with van der Waals surface area (Å²) in [6, 6.07) is 7.44. The van der Waals surface area contributed by atoms with E-state index in [0.717, 1.165) is 17.8 Å². The summed E-state index contributed by atoms with van der Waals surface area (Å²) in [5.41, 5.74) is 7.69.